The zero-order chi connectivity index (χ0) is 50.3. The summed E-state index contributed by atoms with van der Waals surface area (Å²) in [5.41, 5.74) is 15.1. The zero-order valence-electron chi connectivity index (χ0n) is 43.5. The number of aromatic nitrogens is 4. The molecule has 0 aliphatic carbocycles. The van der Waals surface area contributed by atoms with E-state index in [0.717, 1.165) is 49.9 Å². The van der Waals surface area contributed by atoms with E-state index in [9.17, 15) is 0 Å². The summed E-state index contributed by atoms with van der Waals surface area (Å²) >= 11 is 0. The van der Waals surface area contributed by atoms with Gasteiger partial charge in [-0.25, -0.2) is 0 Å². The van der Waals surface area contributed by atoms with Gasteiger partial charge in [-0.2, -0.15) is 12.1 Å². The average molecular weight is 1050 g/mol. The molecule has 1 radical (unpaired) electrons. The summed E-state index contributed by atoms with van der Waals surface area (Å²) in [6.07, 6.45) is 1.28. The topological polar surface area (TPSA) is 56.7 Å². The third-order valence-corrected chi connectivity index (χ3v) is 12.0. The molecule has 0 saturated carbocycles. The van der Waals surface area contributed by atoms with E-state index in [-0.39, 0.29) is 43.1 Å². The van der Waals surface area contributed by atoms with Gasteiger partial charge >= 0.3 is 0 Å². The molecule has 0 saturated heterocycles. The number of hydrogen-bond acceptors (Lipinski definition) is 4. The Morgan fingerprint density at radius 1 is 0.597 bits per heavy atom. The number of fused-ring (bicyclic) bond motifs is 4. The van der Waals surface area contributed by atoms with E-state index in [1.54, 1.807) is 30.3 Å². The van der Waals surface area contributed by atoms with Gasteiger partial charge in [-0.3, -0.25) is 9.97 Å². The first-order valence-corrected chi connectivity index (χ1v) is 22.2. The standard InChI is InChI=1S/C43H35N2O.C18H15N2.Ir/c1-27(2)36-24-32(30-16-9-6-10-17-30)25-37(28(3)4)41(36)45-39-21-12-11-20-38(39)44-43(45)35-19-13-18-34-33-23-22-31(26-40(33)46-42(34)35)29-14-7-5-8-15-29;1-13-8-10-16(19-12-13)17-11-9-14(2)18(20-17)15-6-4-3-5-7-15;/h5-18,20-28H,1-4H3;3-10,12H,1-2H3;/q2*-1;/i;1D3,2D3;. The third-order valence-electron chi connectivity index (χ3n) is 12.0. The second-order valence-electron chi connectivity index (χ2n) is 17.0. The van der Waals surface area contributed by atoms with Crippen LogP contribution in [0.1, 0.15) is 70.0 Å². The first kappa shape index (κ1) is 37.9. The van der Waals surface area contributed by atoms with Crippen LogP contribution in [0.15, 0.2) is 187 Å². The monoisotopic (exact) mass is 1050 g/mol. The van der Waals surface area contributed by atoms with Crippen LogP contribution in [0.2, 0.25) is 0 Å². The van der Waals surface area contributed by atoms with Crippen molar-refractivity contribution in [2.24, 2.45) is 0 Å². The smallest absolute Gasteiger partial charge is 0.121 e. The Morgan fingerprint density at radius 3 is 1.90 bits per heavy atom. The van der Waals surface area contributed by atoms with Crippen LogP contribution in [0.5, 0.6) is 0 Å². The fraction of sp³-hybridized carbons (Fsp3) is 0.131. The van der Waals surface area contributed by atoms with Crippen molar-refractivity contribution >= 4 is 33.0 Å². The Kier molecular flexibility index (Phi) is 10.9. The Bertz CT molecular complexity index is 3690. The van der Waals surface area contributed by atoms with E-state index < -0.39 is 13.7 Å². The predicted octanol–water partition coefficient (Wildman–Crippen LogP) is 16.2. The minimum atomic E-state index is -2.33. The van der Waals surface area contributed by atoms with Crippen molar-refractivity contribution in [2.45, 2.75) is 53.2 Å². The summed E-state index contributed by atoms with van der Waals surface area (Å²) in [6, 6.07) is 64.8. The van der Waals surface area contributed by atoms with Gasteiger partial charge in [-0.1, -0.05) is 173 Å². The molecular formula is C61H50IrN4O-2. The van der Waals surface area contributed by atoms with E-state index >= 15 is 0 Å². The van der Waals surface area contributed by atoms with Gasteiger partial charge in [0.1, 0.15) is 5.58 Å². The van der Waals surface area contributed by atoms with E-state index in [1.165, 1.54) is 51.8 Å². The number of rotatable bonds is 8. The largest absolute Gasteiger partial charge is 0.501 e. The number of hydrogen-bond donors (Lipinski definition) is 0. The summed E-state index contributed by atoms with van der Waals surface area (Å²) in [6.45, 7) is 4.58. The normalized spacial score (nSPS) is 13.0. The van der Waals surface area contributed by atoms with Gasteiger partial charge in [0.25, 0.3) is 0 Å². The molecular weight excluding hydrogens is 997 g/mol. The molecule has 11 aromatic rings. The van der Waals surface area contributed by atoms with Gasteiger partial charge in [0, 0.05) is 51.3 Å². The van der Waals surface area contributed by atoms with Crippen LogP contribution >= 0.6 is 0 Å². The molecule has 7 aromatic carbocycles. The van der Waals surface area contributed by atoms with Crippen LogP contribution in [0.4, 0.5) is 0 Å². The van der Waals surface area contributed by atoms with Crippen molar-refractivity contribution in [2.75, 3.05) is 0 Å². The number of benzene rings is 7. The van der Waals surface area contributed by atoms with Crippen LogP contribution < -0.4 is 0 Å². The molecule has 0 aliphatic heterocycles. The maximum atomic E-state index is 7.73. The van der Waals surface area contributed by atoms with Crippen LogP contribution in [-0.2, 0) is 20.1 Å². The SMILES string of the molecule is CC(C)c1cc(-c2ccccc2)cc(C(C)C)c1-n1c(-c2[c-]ccc3c2oc2cc(-c4ccccc4)ccc23)nc2ccccc21.[2H]C([2H])([2H])c1ccc(-c2[c-]cc(C([2H])([2H])[2H])c(-c3ccccc3)n2)nc1.[Ir]. The summed E-state index contributed by atoms with van der Waals surface area (Å²) in [4.78, 5) is 13.9. The maximum Gasteiger partial charge on any atom is 0.121 e. The first-order chi connectivity index (χ1) is 34.6. The van der Waals surface area contributed by atoms with E-state index in [0.29, 0.717) is 22.6 Å². The molecule has 0 spiro atoms. The molecule has 11 rings (SSSR count). The quantitative estimate of drug-likeness (QED) is 0.142. The Balaban J connectivity index is 0.000000207. The predicted molar refractivity (Wildman–Crippen MR) is 273 cm³/mol. The molecule has 6 heteroatoms. The minimum Gasteiger partial charge on any atom is -0.501 e. The molecule has 4 aromatic heterocycles. The van der Waals surface area contributed by atoms with Crippen molar-refractivity contribution in [1.82, 2.24) is 19.5 Å². The maximum absolute atomic E-state index is 7.73. The number of para-hydroxylation sites is 2. The molecule has 0 atom stereocenters. The fourth-order valence-electron chi connectivity index (χ4n) is 8.65. The van der Waals surface area contributed by atoms with Gasteiger partial charge in [-0.15, -0.1) is 23.8 Å². The molecule has 0 N–H and O–H groups in total. The van der Waals surface area contributed by atoms with Gasteiger partial charge in [0.2, 0.25) is 0 Å². The molecule has 5 nitrogen and oxygen atoms in total. The first-order valence-electron chi connectivity index (χ1n) is 25.2. The molecule has 0 amide bonds. The third kappa shape index (κ3) is 8.91. The van der Waals surface area contributed by atoms with Crippen molar-refractivity contribution < 1.29 is 32.7 Å². The van der Waals surface area contributed by atoms with E-state index in [4.69, 9.17) is 17.6 Å². The molecule has 4 heterocycles. The molecule has 0 unspecified atom stereocenters. The molecule has 0 aliphatic rings. The molecule has 0 bridgehead atoms. The van der Waals surface area contributed by atoms with Crippen LogP contribution in [0.25, 0.3) is 94.9 Å². The fourth-order valence-corrected chi connectivity index (χ4v) is 8.65. The molecule has 67 heavy (non-hydrogen) atoms. The van der Waals surface area contributed by atoms with Gasteiger partial charge < -0.3 is 14.0 Å². The summed E-state index contributed by atoms with van der Waals surface area (Å²) in [5, 5.41) is 2.15. The number of aryl methyl sites for hydroxylation is 2. The van der Waals surface area contributed by atoms with E-state index in [1.807, 2.05) is 18.2 Å². The minimum absolute atomic E-state index is 0. The summed E-state index contributed by atoms with van der Waals surface area (Å²) in [7, 11) is 0. The summed E-state index contributed by atoms with van der Waals surface area (Å²) < 4.78 is 54.5. The van der Waals surface area contributed by atoms with Crippen molar-refractivity contribution in [3.8, 4) is 62.0 Å². The van der Waals surface area contributed by atoms with Gasteiger partial charge in [0.15, 0.2) is 0 Å². The van der Waals surface area contributed by atoms with Crippen molar-refractivity contribution in [3.05, 3.63) is 217 Å². The Hall–Kier alpha value is -7.24. The van der Waals surface area contributed by atoms with Crippen molar-refractivity contribution in [1.29, 1.82) is 0 Å². The van der Waals surface area contributed by atoms with Gasteiger partial charge in [-0.05, 0) is 105 Å². The van der Waals surface area contributed by atoms with E-state index in [2.05, 4.69) is 170 Å². The number of pyridine rings is 2. The second kappa shape index (κ2) is 19.3. The molecule has 0 fully saturated rings. The molecule has 331 valence electrons. The van der Waals surface area contributed by atoms with Gasteiger partial charge in [0.05, 0.1) is 22.4 Å². The Morgan fingerprint density at radius 2 is 1.25 bits per heavy atom. The summed E-state index contributed by atoms with van der Waals surface area (Å²) in [5.74, 6) is 1.41. The second-order valence-corrected chi connectivity index (χ2v) is 17.0. The average Bonchev–Trinajstić information content (AvgIpc) is 3.97. The zero-order valence-corrected chi connectivity index (χ0v) is 39.9. The number of nitrogens with zero attached hydrogens (tertiary/aromatic N) is 4. The van der Waals surface area contributed by atoms with Crippen LogP contribution in [0, 0.1) is 25.8 Å². The number of furan rings is 1. The van der Waals surface area contributed by atoms with Crippen LogP contribution in [0.3, 0.4) is 0 Å². The van der Waals surface area contributed by atoms with Crippen LogP contribution in [-0.4, -0.2) is 19.5 Å². The number of imidazole rings is 1. The Labute approximate surface area is 415 Å². The van der Waals surface area contributed by atoms with Crippen molar-refractivity contribution in [3.63, 3.8) is 0 Å².